The van der Waals surface area contributed by atoms with Crippen LogP contribution in [0, 0.1) is 6.92 Å². The molecule has 2 N–H and O–H groups in total. The molecule has 1 amide bonds. The molecule has 2 rings (SSSR count). The second kappa shape index (κ2) is 4.83. The minimum Gasteiger partial charge on any atom is -0.477 e. The van der Waals surface area contributed by atoms with Gasteiger partial charge in [0.15, 0.2) is 0 Å². The number of aromatic carboxylic acids is 1. The molecule has 17 heavy (non-hydrogen) atoms. The fraction of sp³-hybridized carbons (Fsp3) is 0.545. The summed E-state index contributed by atoms with van der Waals surface area (Å²) in [4.78, 5) is 26.9. The minimum absolute atomic E-state index is 0.0580. The number of rotatable bonds is 4. The molecule has 0 saturated heterocycles. The van der Waals surface area contributed by atoms with Gasteiger partial charge in [0.1, 0.15) is 4.88 Å². The van der Waals surface area contributed by atoms with E-state index in [4.69, 9.17) is 5.11 Å². The Morgan fingerprint density at radius 3 is 2.76 bits per heavy atom. The van der Waals surface area contributed by atoms with E-state index in [1.807, 2.05) is 0 Å². The highest BCUT2D eigenvalue weighted by molar-refractivity contribution is 7.13. The maximum atomic E-state index is 11.7. The molecule has 5 nitrogen and oxygen atoms in total. The van der Waals surface area contributed by atoms with E-state index in [0.717, 1.165) is 30.6 Å². The SMILES string of the molecule is Cc1nc(CC(=O)NC2CCC2)c(C(=O)O)s1. The van der Waals surface area contributed by atoms with Gasteiger partial charge in [-0.15, -0.1) is 11.3 Å². The lowest BCUT2D eigenvalue weighted by atomic mass is 9.93. The molecular formula is C11H14N2O3S. The number of hydrogen-bond donors (Lipinski definition) is 2. The summed E-state index contributed by atoms with van der Waals surface area (Å²) < 4.78 is 0. The highest BCUT2D eigenvalue weighted by atomic mass is 32.1. The fourth-order valence-electron chi connectivity index (χ4n) is 1.74. The van der Waals surface area contributed by atoms with Crippen LogP contribution in [0.2, 0.25) is 0 Å². The van der Waals surface area contributed by atoms with E-state index < -0.39 is 5.97 Å². The van der Waals surface area contributed by atoms with E-state index in [1.165, 1.54) is 0 Å². The van der Waals surface area contributed by atoms with Crippen LogP contribution in [0.4, 0.5) is 0 Å². The molecule has 0 bridgehead atoms. The van der Waals surface area contributed by atoms with Crippen LogP contribution in [0.1, 0.15) is 39.6 Å². The number of amides is 1. The van der Waals surface area contributed by atoms with Gasteiger partial charge in [0.2, 0.25) is 5.91 Å². The van der Waals surface area contributed by atoms with E-state index >= 15 is 0 Å². The summed E-state index contributed by atoms with van der Waals surface area (Å²) in [7, 11) is 0. The van der Waals surface area contributed by atoms with Gasteiger partial charge in [-0.25, -0.2) is 9.78 Å². The summed E-state index contributed by atoms with van der Waals surface area (Å²) in [6, 6.07) is 0.274. The van der Waals surface area contributed by atoms with Crippen molar-refractivity contribution in [1.29, 1.82) is 0 Å². The van der Waals surface area contributed by atoms with Crippen LogP contribution >= 0.6 is 11.3 Å². The molecule has 1 fully saturated rings. The van der Waals surface area contributed by atoms with Crippen molar-refractivity contribution in [3.8, 4) is 0 Å². The third-order valence-electron chi connectivity index (χ3n) is 2.80. The quantitative estimate of drug-likeness (QED) is 0.850. The smallest absolute Gasteiger partial charge is 0.347 e. The van der Waals surface area contributed by atoms with Crippen molar-refractivity contribution >= 4 is 23.2 Å². The zero-order valence-electron chi connectivity index (χ0n) is 9.52. The van der Waals surface area contributed by atoms with Crippen LogP contribution in [-0.2, 0) is 11.2 Å². The van der Waals surface area contributed by atoms with Gasteiger partial charge in [-0.1, -0.05) is 0 Å². The van der Waals surface area contributed by atoms with Crippen molar-refractivity contribution in [2.24, 2.45) is 0 Å². The molecule has 1 aromatic rings. The predicted molar refractivity (Wildman–Crippen MR) is 63.3 cm³/mol. The van der Waals surface area contributed by atoms with E-state index in [2.05, 4.69) is 10.3 Å². The number of aromatic nitrogens is 1. The largest absolute Gasteiger partial charge is 0.477 e. The summed E-state index contributed by atoms with van der Waals surface area (Å²) in [6.07, 6.45) is 3.25. The Balaban J connectivity index is 2.01. The average molecular weight is 254 g/mol. The molecule has 0 aromatic carbocycles. The van der Waals surface area contributed by atoms with E-state index in [0.29, 0.717) is 10.7 Å². The molecular weight excluding hydrogens is 240 g/mol. The second-order valence-corrected chi connectivity index (χ2v) is 5.39. The van der Waals surface area contributed by atoms with Gasteiger partial charge >= 0.3 is 5.97 Å². The molecule has 92 valence electrons. The Morgan fingerprint density at radius 2 is 2.24 bits per heavy atom. The van der Waals surface area contributed by atoms with Crippen LogP contribution < -0.4 is 5.32 Å². The Kier molecular flexibility index (Phi) is 3.42. The predicted octanol–water partition coefficient (Wildman–Crippen LogP) is 1.36. The first-order valence-corrected chi connectivity index (χ1v) is 6.37. The number of thiazole rings is 1. The number of carbonyl (C=O) groups excluding carboxylic acids is 1. The van der Waals surface area contributed by atoms with E-state index in [-0.39, 0.29) is 23.2 Å². The molecule has 1 aromatic heterocycles. The highest BCUT2D eigenvalue weighted by Gasteiger charge is 2.22. The molecule has 1 saturated carbocycles. The van der Waals surface area contributed by atoms with E-state index in [1.54, 1.807) is 6.92 Å². The highest BCUT2D eigenvalue weighted by Crippen LogP contribution is 2.20. The van der Waals surface area contributed by atoms with Gasteiger partial charge in [0.25, 0.3) is 0 Å². The lowest BCUT2D eigenvalue weighted by Crippen LogP contribution is -2.40. The molecule has 0 radical (unpaired) electrons. The van der Waals surface area contributed by atoms with Gasteiger partial charge in [-0.3, -0.25) is 4.79 Å². The third-order valence-corrected chi connectivity index (χ3v) is 3.80. The van der Waals surface area contributed by atoms with Gasteiger partial charge in [-0.05, 0) is 26.2 Å². The molecule has 0 aliphatic heterocycles. The molecule has 1 aliphatic carbocycles. The Bertz CT molecular complexity index is 452. The average Bonchev–Trinajstić information content (AvgIpc) is 2.53. The van der Waals surface area contributed by atoms with Crippen LogP contribution in [0.3, 0.4) is 0 Å². The lowest BCUT2D eigenvalue weighted by Gasteiger charge is -2.26. The fourth-order valence-corrected chi connectivity index (χ4v) is 2.51. The lowest BCUT2D eigenvalue weighted by molar-refractivity contribution is -0.121. The number of nitrogens with one attached hydrogen (secondary N) is 1. The van der Waals surface area contributed by atoms with Crippen LogP contribution in [0.15, 0.2) is 0 Å². The summed E-state index contributed by atoms with van der Waals surface area (Å²) >= 11 is 1.11. The van der Waals surface area contributed by atoms with Crippen molar-refractivity contribution in [2.75, 3.05) is 0 Å². The molecule has 1 aliphatic rings. The first-order valence-electron chi connectivity index (χ1n) is 5.55. The zero-order chi connectivity index (χ0) is 12.4. The monoisotopic (exact) mass is 254 g/mol. The summed E-state index contributed by atoms with van der Waals surface area (Å²) in [6.45, 7) is 1.74. The Labute approximate surface area is 103 Å². The minimum atomic E-state index is -1.01. The number of aryl methyl sites for hydroxylation is 1. The Morgan fingerprint density at radius 1 is 1.53 bits per heavy atom. The number of hydrogen-bond acceptors (Lipinski definition) is 4. The van der Waals surface area contributed by atoms with Crippen LogP contribution in [0.25, 0.3) is 0 Å². The number of carboxylic acids is 1. The van der Waals surface area contributed by atoms with Crippen molar-refractivity contribution in [2.45, 2.75) is 38.6 Å². The molecule has 0 unspecified atom stereocenters. The zero-order valence-corrected chi connectivity index (χ0v) is 10.3. The Hall–Kier alpha value is -1.43. The summed E-state index contributed by atoms with van der Waals surface area (Å²) in [5.41, 5.74) is 0.372. The van der Waals surface area contributed by atoms with Gasteiger partial charge < -0.3 is 10.4 Å². The van der Waals surface area contributed by atoms with Crippen LogP contribution in [-0.4, -0.2) is 28.0 Å². The molecule has 0 spiro atoms. The third kappa shape index (κ3) is 2.82. The normalized spacial score (nSPS) is 15.4. The number of carbonyl (C=O) groups is 2. The maximum absolute atomic E-state index is 11.7. The van der Waals surface area contributed by atoms with Gasteiger partial charge in [-0.2, -0.15) is 0 Å². The van der Waals surface area contributed by atoms with Crippen molar-refractivity contribution in [3.63, 3.8) is 0 Å². The maximum Gasteiger partial charge on any atom is 0.347 e. The van der Waals surface area contributed by atoms with Crippen molar-refractivity contribution in [3.05, 3.63) is 15.6 Å². The summed E-state index contributed by atoms with van der Waals surface area (Å²) in [5.74, 6) is -1.15. The van der Waals surface area contributed by atoms with E-state index in [9.17, 15) is 9.59 Å². The first-order chi connectivity index (χ1) is 8.06. The number of nitrogens with zero attached hydrogens (tertiary/aromatic N) is 1. The second-order valence-electron chi connectivity index (χ2n) is 4.19. The number of carboxylic acid groups (broad SMARTS) is 1. The topological polar surface area (TPSA) is 79.3 Å². The van der Waals surface area contributed by atoms with Crippen LogP contribution in [0.5, 0.6) is 0 Å². The van der Waals surface area contributed by atoms with Crippen molar-refractivity contribution < 1.29 is 14.7 Å². The first kappa shape index (κ1) is 12.0. The molecule has 6 heteroatoms. The van der Waals surface area contributed by atoms with Gasteiger partial charge in [0, 0.05) is 6.04 Å². The molecule has 0 atom stereocenters. The summed E-state index contributed by atoms with van der Waals surface area (Å²) in [5, 5.41) is 12.5. The molecule has 1 heterocycles. The standard InChI is InChI=1S/C11H14N2O3S/c1-6-12-8(10(17-6)11(15)16)5-9(14)13-7-3-2-4-7/h7H,2-5H2,1H3,(H,13,14)(H,15,16). The van der Waals surface area contributed by atoms with Gasteiger partial charge in [0.05, 0.1) is 17.1 Å². The van der Waals surface area contributed by atoms with Crippen molar-refractivity contribution in [1.82, 2.24) is 10.3 Å².